The van der Waals surface area contributed by atoms with Crippen molar-refractivity contribution in [3.63, 3.8) is 0 Å². The third-order valence-electron chi connectivity index (χ3n) is 4.93. The number of carbonyl (C=O) groups excluding carboxylic acids is 1. The first-order chi connectivity index (χ1) is 14.8. The number of nitrogens with zero attached hydrogens (tertiary/aromatic N) is 2. The van der Waals surface area contributed by atoms with E-state index in [9.17, 15) is 4.79 Å². The number of fused-ring (bicyclic) bond motifs is 1. The van der Waals surface area contributed by atoms with E-state index in [1.807, 2.05) is 84.9 Å². The summed E-state index contributed by atoms with van der Waals surface area (Å²) in [5.74, 6) is 0.708. The molecule has 30 heavy (non-hydrogen) atoms. The highest BCUT2D eigenvalue weighted by atomic mass is 32.2. The SMILES string of the molecule is O=C(c1c[nH]c2ccccc12)[C@H](Sc1n[nH]c(-c2ccccc2)n1)c1ccccc1. The average Bonchev–Trinajstić information content (AvgIpc) is 3.45. The van der Waals surface area contributed by atoms with Crippen molar-refractivity contribution in [1.29, 1.82) is 0 Å². The molecule has 2 aromatic heterocycles. The van der Waals surface area contributed by atoms with E-state index in [-0.39, 0.29) is 5.78 Å². The van der Waals surface area contributed by atoms with Crippen LogP contribution in [0.5, 0.6) is 0 Å². The van der Waals surface area contributed by atoms with Gasteiger partial charge in [0.05, 0.1) is 0 Å². The lowest BCUT2D eigenvalue weighted by molar-refractivity contribution is 0.0991. The molecule has 0 spiro atoms. The van der Waals surface area contributed by atoms with Gasteiger partial charge in [0.1, 0.15) is 5.25 Å². The molecule has 0 saturated carbocycles. The Labute approximate surface area is 177 Å². The van der Waals surface area contributed by atoms with Gasteiger partial charge in [-0.3, -0.25) is 9.89 Å². The number of H-pyrrole nitrogens is 2. The van der Waals surface area contributed by atoms with E-state index in [1.54, 1.807) is 6.20 Å². The highest BCUT2D eigenvalue weighted by molar-refractivity contribution is 8.00. The Bertz CT molecular complexity index is 1290. The van der Waals surface area contributed by atoms with Crippen molar-refractivity contribution < 1.29 is 4.79 Å². The van der Waals surface area contributed by atoms with Crippen LogP contribution >= 0.6 is 11.8 Å². The normalized spacial score (nSPS) is 12.1. The molecule has 3 aromatic carbocycles. The molecule has 5 rings (SSSR count). The minimum atomic E-state index is -0.454. The van der Waals surface area contributed by atoms with Gasteiger partial charge in [-0.15, -0.1) is 5.10 Å². The van der Waals surface area contributed by atoms with Gasteiger partial charge in [0, 0.05) is 28.2 Å². The number of Topliss-reactive ketones (excluding diaryl/α,β-unsaturated/α-hetero) is 1. The van der Waals surface area contributed by atoms with E-state index < -0.39 is 5.25 Å². The first-order valence-electron chi connectivity index (χ1n) is 9.59. The maximum atomic E-state index is 13.6. The number of nitrogens with one attached hydrogen (secondary N) is 2. The van der Waals surface area contributed by atoms with Crippen LogP contribution in [0.1, 0.15) is 21.2 Å². The molecule has 0 aliphatic carbocycles. The van der Waals surface area contributed by atoms with E-state index in [0.717, 1.165) is 22.0 Å². The highest BCUT2D eigenvalue weighted by Gasteiger charge is 2.27. The summed E-state index contributed by atoms with van der Waals surface area (Å²) in [6, 6.07) is 27.4. The predicted molar refractivity (Wildman–Crippen MR) is 119 cm³/mol. The summed E-state index contributed by atoms with van der Waals surface area (Å²) in [4.78, 5) is 21.4. The second kappa shape index (κ2) is 8.00. The molecule has 2 heterocycles. The van der Waals surface area contributed by atoms with Crippen molar-refractivity contribution in [2.75, 3.05) is 0 Å². The fourth-order valence-electron chi connectivity index (χ4n) is 3.45. The van der Waals surface area contributed by atoms with Crippen LogP contribution in [0.15, 0.2) is 96.3 Å². The second-order valence-corrected chi connectivity index (χ2v) is 7.93. The third-order valence-corrected chi connectivity index (χ3v) is 6.05. The van der Waals surface area contributed by atoms with Crippen molar-refractivity contribution >= 4 is 28.4 Å². The summed E-state index contributed by atoms with van der Waals surface area (Å²) in [5.41, 5.74) is 3.49. The van der Waals surface area contributed by atoms with Crippen molar-refractivity contribution in [1.82, 2.24) is 20.2 Å². The molecule has 0 unspecified atom stereocenters. The van der Waals surface area contributed by atoms with Gasteiger partial charge in [-0.1, -0.05) is 90.6 Å². The molecule has 0 radical (unpaired) electrons. The first-order valence-corrected chi connectivity index (χ1v) is 10.5. The van der Waals surface area contributed by atoms with Crippen LogP contribution in [0.3, 0.4) is 0 Å². The lowest BCUT2D eigenvalue weighted by atomic mass is 10.0. The molecular weight excluding hydrogens is 392 g/mol. The number of aromatic amines is 2. The number of para-hydroxylation sites is 1. The Morgan fingerprint density at radius 2 is 1.57 bits per heavy atom. The number of hydrogen-bond donors (Lipinski definition) is 2. The van der Waals surface area contributed by atoms with Gasteiger partial charge in [-0.2, -0.15) is 0 Å². The predicted octanol–water partition coefficient (Wildman–Crippen LogP) is 5.67. The summed E-state index contributed by atoms with van der Waals surface area (Å²) >= 11 is 1.36. The standard InChI is InChI=1S/C24H18N4OS/c29-21(19-15-25-20-14-8-7-13-18(19)20)22(16-9-3-1-4-10-16)30-24-26-23(27-28-24)17-11-5-2-6-12-17/h1-15,22,25H,(H,26,27,28)/t22-/m1/s1. The van der Waals surface area contributed by atoms with E-state index in [0.29, 0.717) is 16.5 Å². The second-order valence-electron chi connectivity index (χ2n) is 6.85. The largest absolute Gasteiger partial charge is 0.360 e. The molecule has 2 N–H and O–H groups in total. The fraction of sp³-hybridized carbons (Fsp3) is 0.0417. The van der Waals surface area contributed by atoms with Gasteiger partial charge in [0.2, 0.25) is 5.16 Å². The Morgan fingerprint density at radius 1 is 0.867 bits per heavy atom. The lowest BCUT2D eigenvalue weighted by Gasteiger charge is -2.14. The van der Waals surface area contributed by atoms with Gasteiger partial charge < -0.3 is 4.98 Å². The molecule has 0 fully saturated rings. The number of ketones is 1. The van der Waals surface area contributed by atoms with E-state index in [2.05, 4.69) is 20.2 Å². The number of rotatable bonds is 6. The molecule has 6 heteroatoms. The van der Waals surface area contributed by atoms with Crippen LogP contribution in [0.4, 0.5) is 0 Å². The van der Waals surface area contributed by atoms with Crippen molar-refractivity contribution in [2.24, 2.45) is 0 Å². The molecule has 0 saturated heterocycles. The van der Waals surface area contributed by atoms with Crippen LogP contribution in [0.2, 0.25) is 0 Å². The van der Waals surface area contributed by atoms with E-state index >= 15 is 0 Å². The minimum absolute atomic E-state index is 0.0229. The van der Waals surface area contributed by atoms with Gasteiger partial charge in [0.15, 0.2) is 11.6 Å². The zero-order valence-corrected chi connectivity index (χ0v) is 16.8. The van der Waals surface area contributed by atoms with Gasteiger partial charge >= 0.3 is 0 Å². The van der Waals surface area contributed by atoms with Gasteiger partial charge in [-0.05, 0) is 11.6 Å². The van der Waals surface area contributed by atoms with Gasteiger partial charge in [-0.25, -0.2) is 4.98 Å². The molecule has 0 amide bonds. The highest BCUT2D eigenvalue weighted by Crippen LogP contribution is 2.38. The quantitative estimate of drug-likeness (QED) is 0.279. The van der Waals surface area contributed by atoms with Gasteiger partial charge in [0.25, 0.3) is 0 Å². The zero-order chi connectivity index (χ0) is 20.3. The fourth-order valence-corrected chi connectivity index (χ4v) is 4.43. The Morgan fingerprint density at radius 3 is 2.37 bits per heavy atom. The molecule has 146 valence electrons. The number of thioether (sulfide) groups is 1. The first kappa shape index (κ1) is 18.4. The monoisotopic (exact) mass is 410 g/mol. The molecular formula is C24H18N4OS. The van der Waals surface area contributed by atoms with Crippen molar-refractivity contribution in [2.45, 2.75) is 10.4 Å². The van der Waals surface area contributed by atoms with E-state index in [4.69, 9.17) is 0 Å². The summed E-state index contributed by atoms with van der Waals surface area (Å²) in [6.07, 6.45) is 1.79. The minimum Gasteiger partial charge on any atom is -0.360 e. The Hall–Kier alpha value is -3.64. The smallest absolute Gasteiger partial charge is 0.209 e. The summed E-state index contributed by atoms with van der Waals surface area (Å²) in [5, 5.41) is 8.34. The third kappa shape index (κ3) is 3.53. The maximum absolute atomic E-state index is 13.6. The summed E-state index contributed by atoms with van der Waals surface area (Å²) in [7, 11) is 0. The van der Waals surface area contributed by atoms with Crippen LogP contribution in [0, 0.1) is 0 Å². The van der Waals surface area contributed by atoms with Crippen LogP contribution in [-0.4, -0.2) is 25.9 Å². The Kier molecular flexibility index (Phi) is 4.91. The average molecular weight is 411 g/mol. The maximum Gasteiger partial charge on any atom is 0.209 e. The van der Waals surface area contributed by atoms with Crippen LogP contribution < -0.4 is 0 Å². The lowest BCUT2D eigenvalue weighted by Crippen LogP contribution is -2.10. The molecule has 0 aliphatic rings. The summed E-state index contributed by atoms with van der Waals surface area (Å²) < 4.78 is 0. The molecule has 0 bridgehead atoms. The number of hydrogen-bond acceptors (Lipinski definition) is 4. The van der Waals surface area contributed by atoms with E-state index in [1.165, 1.54) is 11.8 Å². The molecule has 5 aromatic rings. The molecule has 1 atom stereocenters. The Balaban J connectivity index is 1.50. The number of benzene rings is 3. The summed E-state index contributed by atoms with van der Waals surface area (Å²) in [6.45, 7) is 0. The zero-order valence-electron chi connectivity index (χ0n) is 15.9. The topological polar surface area (TPSA) is 74.4 Å². The molecule has 0 aliphatic heterocycles. The molecule has 5 nitrogen and oxygen atoms in total. The van der Waals surface area contributed by atoms with Crippen molar-refractivity contribution in [3.05, 3.63) is 102 Å². The van der Waals surface area contributed by atoms with Crippen LogP contribution in [-0.2, 0) is 0 Å². The van der Waals surface area contributed by atoms with Crippen molar-refractivity contribution in [3.8, 4) is 11.4 Å². The number of aromatic nitrogens is 4. The number of carbonyl (C=O) groups is 1. The van der Waals surface area contributed by atoms with Crippen LogP contribution in [0.25, 0.3) is 22.3 Å².